The smallest absolute Gasteiger partial charge is 0.407 e. The molecule has 1 heterocycles. The fraction of sp³-hybridized carbons (Fsp3) is 0.900. The van der Waals surface area contributed by atoms with Crippen molar-refractivity contribution in [3.63, 3.8) is 0 Å². The van der Waals surface area contributed by atoms with E-state index in [4.69, 9.17) is 10.5 Å². The summed E-state index contributed by atoms with van der Waals surface area (Å²) in [5.74, 6) is 0. The van der Waals surface area contributed by atoms with Gasteiger partial charge in [-0.05, 0) is 33.7 Å². The number of rotatable bonds is 1. The lowest BCUT2D eigenvalue weighted by atomic mass is 10.0. The molecule has 4 N–H and O–H groups in total. The third-order valence-corrected chi connectivity index (χ3v) is 2.24. The van der Waals surface area contributed by atoms with Gasteiger partial charge in [0.15, 0.2) is 0 Å². The SMILES string of the molecule is CC(C)(C)OC(=O)NC1CNCCC1N. The molecule has 1 amide bonds. The van der Waals surface area contributed by atoms with Crippen molar-refractivity contribution in [3.8, 4) is 0 Å². The molecule has 1 fully saturated rings. The zero-order valence-corrected chi connectivity index (χ0v) is 9.67. The second kappa shape index (κ2) is 4.81. The number of alkyl carbamates (subject to hydrolysis) is 1. The van der Waals surface area contributed by atoms with Crippen molar-refractivity contribution in [3.05, 3.63) is 0 Å². The van der Waals surface area contributed by atoms with Crippen LogP contribution in [-0.2, 0) is 4.74 Å². The molecule has 0 bridgehead atoms. The van der Waals surface area contributed by atoms with Crippen LogP contribution >= 0.6 is 0 Å². The van der Waals surface area contributed by atoms with Crippen LogP contribution in [0.4, 0.5) is 4.79 Å². The largest absolute Gasteiger partial charge is 0.444 e. The predicted octanol–water partition coefficient (Wildman–Crippen LogP) is 0.200. The summed E-state index contributed by atoms with van der Waals surface area (Å²) in [5.41, 5.74) is 5.42. The molecule has 0 radical (unpaired) electrons. The van der Waals surface area contributed by atoms with Crippen LogP contribution in [0.1, 0.15) is 27.2 Å². The van der Waals surface area contributed by atoms with Crippen LogP contribution in [0.5, 0.6) is 0 Å². The fourth-order valence-corrected chi connectivity index (χ4v) is 1.50. The molecule has 0 aromatic rings. The number of ether oxygens (including phenoxy) is 1. The van der Waals surface area contributed by atoms with Crippen molar-refractivity contribution in [1.82, 2.24) is 10.6 Å². The van der Waals surface area contributed by atoms with Crippen LogP contribution in [0.2, 0.25) is 0 Å². The van der Waals surface area contributed by atoms with E-state index in [0.717, 1.165) is 13.0 Å². The molecule has 0 saturated carbocycles. The number of carbonyl (C=O) groups excluding carboxylic acids is 1. The number of carbonyl (C=O) groups is 1. The molecule has 1 saturated heterocycles. The molecule has 5 heteroatoms. The average molecular weight is 215 g/mol. The molecule has 2 atom stereocenters. The summed E-state index contributed by atoms with van der Waals surface area (Å²) in [6.45, 7) is 7.14. The predicted molar refractivity (Wildman–Crippen MR) is 58.6 cm³/mol. The Morgan fingerprint density at radius 3 is 2.73 bits per heavy atom. The fourth-order valence-electron chi connectivity index (χ4n) is 1.50. The van der Waals surface area contributed by atoms with Crippen LogP contribution in [0.15, 0.2) is 0 Å². The highest BCUT2D eigenvalue weighted by atomic mass is 16.6. The summed E-state index contributed by atoms with van der Waals surface area (Å²) in [6, 6.07) is -0.0210. The Hall–Kier alpha value is -0.810. The minimum Gasteiger partial charge on any atom is -0.444 e. The Morgan fingerprint density at radius 1 is 1.53 bits per heavy atom. The molecule has 2 unspecified atom stereocenters. The lowest BCUT2D eigenvalue weighted by Crippen LogP contribution is -2.57. The maximum Gasteiger partial charge on any atom is 0.407 e. The third-order valence-electron chi connectivity index (χ3n) is 2.24. The summed E-state index contributed by atoms with van der Waals surface area (Å²) < 4.78 is 5.16. The quantitative estimate of drug-likeness (QED) is 0.584. The van der Waals surface area contributed by atoms with Gasteiger partial charge in [-0.3, -0.25) is 0 Å². The summed E-state index contributed by atoms with van der Waals surface area (Å²) >= 11 is 0. The molecule has 0 spiro atoms. The van der Waals surface area contributed by atoms with E-state index in [1.165, 1.54) is 0 Å². The molecule has 15 heavy (non-hydrogen) atoms. The number of hydrogen-bond acceptors (Lipinski definition) is 4. The van der Waals surface area contributed by atoms with Crippen molar-refractivity contribution in [2.24, 2.45) is 5.73 Å². The second-order valence-corrected chi connectivity index (χ2v) is 4.91. The highest BCUT2D eigenvalue weighted by Crippen LogP contribution is 2.08. The van der Waals surface area contributed by atoms with E-state index < -0.39 is 11.7 Å². The van der Waals surface area contributed by atoms with Gasteiger partial charge in [0.2, 0.25) is 0 Å². The van der Waals surface area contributed by atoms with Gasteiger partial charge < -0.3 is 21.1 Å². The monoisotopic (exact) mass is 215 g/mol. The van der Waals surface area contributed by atoms with Crippen molar-refractivity contribution in [1.29, 1.82) is 0 Å². The number of amides is 1. The van der Waals surface area contributed by atoms with E-state index in [2.05, 4.69) is 10.6 Å². The van der Waals surface area contributed by atoms with Crippen LogP contribution in [0.3, 0.4) is 0 Å². The molecule has 1 rings (SSSR count). The Kier molecular flexibility index (Phi) is 3.93. The average Bonchev–Trinajstić information content (AvgIpc) is 2.05. The Balaban J connectivity index is 2.36. The lowest BCUT2D eigenvalue weighted by molar-refractivity contribution is 0.0490. The van der Waals surface area contributed by atoms with E-state index in [1.54, 1.807) is 0 Å². The zero-order valence-electron chi connectivity index (χ0n) is 9.67. The number of nitrogens with one attached hydrogen (secondary N) is 2. The summed E-state index contributed by atoms with van der Waals surface area (Å²) in [4.78, 5) is 11.5. The Morgan fingerprint density at radius 2 is 2.20 bits per heavy atom. The molecule has 1 aliphatic rings. The van der Waals surface area contributed by atoms with Crippen molar-refractivity contribution < 1.29 is 9.53 Å². The van der Waals surface area contributed by atoms with Crippen LogP contribution in [0.25, 0.3) is 0 Å². The van der Waals surface area contributed by atoms with Gasteiger partial charge in [-0.1, -0.05) is 0 Å². The zero-order chi connectivity index (χ0) is 11.5. The number of piperidine rings is 1. The topological polar surface area (TPSA) is 76.4 Å². The van der Waals surface area contributed by atoms with Crippen LogP contribution < -0.4 is 16.4 Å². The van der Waals surface area contributed by atoms with Crippen molar-refractivity contribution >= 4 is 6.09 Å². The second-order valence-electron chi connectivity index (χ2n) is 4.91. The van der Waals surface area contributed by atoms with Gasteiger partial charge in [0.25, 0.3) is 0 Å². The van der Waals surface area contributed by atoms with E-state index >= 15 is 0 Å². The number of nitrogens with two attached hydrogens (primary N) is 1. The molecule has 5 nitrogen and oxygen atoms in total. The maximum absolute atomic E-state index is 11.5. The molecule has 0 aliphatic carbocycles. The van der Waals surface area contributed by atoms with Crippen LogP contribution in [-0.4, -0.2) is 36.9 Å². The van der Waals surface area contributed by atoms with E-state index in [9.17, 15) is 4.79 Å². The summed E-state index contributed by atoms with van der Waals surface area (Å²) in [7, 11) is 0. The van der Waals surface area contributed by atoms with Gasteiger partial charge in [0.1, 0.15) is 5.60 Å². The first-order valence-electron chi connectivity index (χ1n) is 5.34. The Labute approximate surface area is 90.7 Å². The molecular formula is C10H21N3O2. The van der Waals surface area contributed by atoms with Gasteiger partial charge in [-0.25, -0.2) is 4.79 Å². The van der Waals surface area contributed by atoms with Gasteiger partial charge in [0, 0.05) is 12.6 Å². The third kappa shape index (κ3) is 4.48. The van der Waals surface area contributed by atoms with E-state index in [0.29, 0.717) is 6.54 Å². The molecular weight excluding hydrogens is 194 g/mol. The first kappa shape index (κ1) is 12.3. The first-order valence-corrected chi connectivity index (χ1v) is 5.34. The highest BCUT2D eigenvalue weighted by Gasteiger charge is 2.25. The standard InChI is InChI=1S/C10H21N3O2/c1-10(2,3)15-9(14)13-8-6-12-5-4-7(8)11/h7-8,12H,4-6,11H2,1-3H3,(H,13,14). The van der Waals surface area contributed by atoms with Gasteiger partial charge in [-0.2, -0.15) is 0 Å². The first-order chi connectivity index (χ1) is 6.88. The highest BCUT2D eigenvalue weighted by molar-refractivity contribution is 5.68. The maximum atomic E-state index is 11.5. The molecule has 88 valence electrons. The molecule has 1 aliphatic heterocycles. The molecule has 0 aromatic heterocycles. The van der Waals surface area contributed by atoms with Crippen molar-refractivity contribution in [2.75, 3.05) is 13.1 Å². The van der Waals surface area contributed by atoms with Gasteiger partial charge in [-0.15, -0.1) is 0 Å². The van der Waals surface area contributed by atoms with E-state index in [-0.39, 0.29) is 12.1 Å². The van der Waals surface area contributed by atoms with Gasteiger partial charge >= 0.3 is 6.09 Å². The van der Waals surface area contributed by atoms with E-state index in [1.807, 2.05) is 20.8 Å². The minimum atomic E-state index is -0.462. The lowest BCUT2D eigenvalue weighted by Gasteiger charge is -2.31. The minimum absolute atomic E-state index is 0.0127. The number of hydrogen-bond donors (Lipinski definition) is 3. The Bertz CT molecular complexity index is 225. The normalized spacial score (nSPS) is 27.2. The van der Waals surface area contributed by atoms with Gasteiger partial charge in [0.05, 0.1) is 6.04 Å². The summed E-state index contributed by atoms with van der Waals surface area (Å²) in [6.07, 6.45) is 0.479. The molecule has 0 aromatic carbocycles. The summed E-state index contributed by atoms with van der Waals surface area (Å²) in [5, 5.41) is 5.96. The van der Waals surface area contributed by atoms with Crippen LogP contribution in [0, 0.1) is 0 Å². The van der Waals surface area contributed by atoms with Crippen molar-refractivity contribution in [2.45, 2.75) is 44.9 Å².